The summed E-state index contributed by atoms with van der Waals surface area (Å²) in [6.45, 7) is 0. The van der Waals surface area contributed by atoms with Crippen LogP contribution in [0.2, 0.25) is 0 Å². The zero-order valence-corrected chi connectivity index (χ0v) is 19.3. The SMILES string of the molecule is FC(F)(F)c1cccc2c(-c3c4ccccc4cc4ccccc34)c3cccc(C(F)(F)F)c3pc12. The van der Waals surface area contributed by atoms with Gasteiger partial charge in [-0.3, -0.25) is 0 Å². The Morgan fingerprint density at radius 2 is 0.833 bits per heavy atom. The number of hydrogen-bond acceptors (Lipinski definition) is 0. The fourth-order valence-corrected chi connectivity index (χ4v) is 6.48. The molecule has 0 spiro atoms. The fourth-order valence-electron chi connectivity index (χ4n) is 5.00. The lowest BCUT2D eigenvalue weighted by molar-refractivity contribution is -0.136. The molecule has 0 saturated carbocycles. The molecule has 0 aliphatic heterocycles. The summed E-state index contributed by atoms with van der Waals surface area (Å²) in [6.07, 6.45) is -9.43. The molecule has 0 atom stereocenters. The first-order valence-corrected chi connectivity index (χ1v) is 11.9. The highest BCUT2D eigenvalue weighted by molar-refractivity contribution is 7.43. The van der Waals surface area contributed by atoms with E-state index in [9.17, 15) is 26.3 Å². The zero-order chi connectivity index (χ0) is 25.2. The van der Waals surface area contributed by atoms with Crippen LogP contribution in [-0.2, 0) is 12.4 Å². The topological polar surface area (TPSA) is 0 Å². The van der Waals surface area contributed by atoms with E-state index < -0.39 is 23.5 Å². The molecule has 36 heavy (non-hydrogen) atoms. The first kappa shape index (κ1) is 22.8. The van der Waals surface area contributed by atoms with Crippen LogP contribution < -0.4 is 0 Å². The van der Waals surface area contributed by atoms with Crippen LogP contribution in [0.3, 0.4) is 0 Å². The van der Waals surface area contributed by atoms with Crippen molar-refractivity contribution in [1.29, 1.82) is 0 Å². The van der Waals surface area contributed by atoms with Gasteiger partial charge >= 0.3 is 12.4 Å². The van der Waals surface area contributed by atoms with Crippen molar-refractivity contribution in [3.63, 3.8) is 0 Å². The van der Waals surface area contributed by atoms with E-state index in [-0.39, 0.29) is 18.4 Å². The van der Waals surface area contributed by atoms with Gasteiger partial charge in [-0.2, -0.15) is 26.3 Å². The van der Waals surface area contributed by atoms with Crippen molar-refractivity contribution in [1.82, 2.24) is 0 Å². The Labute approximate surface area is 202 Å². The Bertz CT molecular complexity index is 1690. The van der Waals surface area contributed by atoms with Crippen LogP contribution in [0.1, 0.15) is 11.1 Å². The Morgan fingerprint density at radius 1 is 0.444 bits per heavy atom. The van der Waals surface area contributed by atoms with Gasteiger partial charge in [-0.1, -0.05) is 81.0 Å². The number of benzene rings is 5. The predicted molar refractivity (Wildman–Crippen MR) is 134 cm³/mol. The quantitative estimate of drug-likeness (QED) is 0.153. The van der Waals surface area contributed by atoms with Gasteiger partial charge in [-0.15, -0.1) is 0 Å². The third-order valence-corrected chi connectivity index (χ3v) is 7.88. The van der Waals surface area contributed by atoms with Crippen LogP contribution in [0.15, 0.2) is 91.0 Å². The molecule has 0 fully saturated rings. The van der Waals surface area contributed by atoms with Crippen molar-refractivity contribution in [2.45, 2.75) is 12.4 Å². The third kappa shape index (κ3) is 3.51. The van der Waals surface area contributed by atoms with Crippen molar-refractivity contribution >= 4 is 50.7 Å². The minimum atomic E-state index is -4.71. The molecule has 1 heterocycles. The van der Waals surface area contributed by atoms with E-state index in [1.165, 1.54) is 12.1 Å². The molecule has 6 rings (SSSR count). The van der Waals surface area contributed by atoms with Crippen molar-refractivity contribution in [3.8, 4) is 11.1 Å². The number of alkyl halides is 6. The summed E-state index contributed by atoms with van der Waals surface area (Å²) in [7, 11) is -0.125. The van der Waals surface area contributed by atoms with E-state index in [4.69, 9.17) is 0 Å². The van der Waals surface area contributed by atoms with Gasteiger partial charge in [0.1, 0.15) is 0 Å². The molecular weight excluding hydrogens is 493 g/mol. The first-order chi connectivity index (χ1) is 17.1. The van der Waals surface area contributed by atoms with Crippen LogP contribution in [0, 0.1) is 0 Å². The number of halogens is 6. The Kier molecular flexibility index (Phi) is 5.03. The minimum Gasteiger partial charge on any atom is -0.166 e. The third-order valence-electron chi connectivity index (χ3n) is 6.47. The molecule has 0 aliphatic rings. The summed E-state index contributed by atoms with van der Waals surface area (Å²) in [4.78, 5) is 0. The summed E-state index contributed by atoms with van der Waals surface area (Å²) in [5, 5.41) is 3.47. The molecular formula is C29H15F6P. The summed E-state index contributed by atoms with van der Waals surface area (Å²) >= 11 is 0. The van der Waals surface area contributed by atoms with Gasteiger partial charge in [-0.05, 0) is 61.6 Å². The second-order valence-corrected chi connectivity index (χ2v) is 9.70. The molecule has 7 heteroatoms. The molecule has 0 amide bonds. The molecule has 5 aromatic carbocycles. The maximum absolute atomic E-state index is 14.1. The molecule has 0 radical (unpaired) electrons. The Hall–Kier alpha value is -3.63. The number of hydrogen-bond donors (Lipinski definition) is 0. The minimum absolute atomic E-state index is 0.125. The highest BCUT2D eigenvalue weighted by Gasteiger charge is 2.36. The van der Waals surface area contributed by atoms with Gasteiger partial charge in [0, 0.05) is 10.2 Å². The fraction of sp³-hybridized carbons (Fsp3) is 0.0690. The van der Waals surface area contributed by atoms with Crippen LogP contribution in [-0.4, -0.2) is 0 Å². The normalized spacial score (nSPS) is 12.7. The van der Waals surface area contributed by atoms with Crippen LogP contribution >= 0.6 is 8.19 Å². The van der Waals surface area contributed by atoms with Gasteiger partial charge in [0.15, 0.2) is 0 Å². The second kappa shape index (κ2) is 7.94. The molecule has 0 nitrogen and oxygen atoms in total. The molecule has 178 valence electrons. The van der Waals surface area contributed by atoms with Crippen molar-refractivity contribution < 1.29 is 26.3 Å². The van der Waals surface area contributed by atoms with Crippen LogP contribution in [0.5, 0.6) is 0 Å². The first-order valence-electron chi connectivity index (χ1n) is 11.1. The molecule has 0 N–H and O–H groups in total. The standard InChI is InChI=1S/C29H15F6P/c30-28(31,32)22-13-5-11-20-25(21-12-6-14-23(29(33,34)35)27(21)36-26(20)22)24-18-9-3-1-7-16(18)15-17-8-2-4-10-19(17)24/h1-15H. The van der Waals surface area contributed by atoms with Gasteiger partial charge in [0.05, 0.1) is 11.1 Å². The zero-order valence-electron chi connectivity index (χ0n) is 18.4. The van der Waals surface area contributed by atoms with E-state index in [2.05, 4.69) is 0 Å². The molecule has 6 aromatic rings. The summed E-state index contributed by atoms with van der Waals surface area (Å²) < 4.78 is 84.5. The van der Waals surface area contributed by atoms with Crippen molar-refractivity contribution in [2.24, 2.45) is 0 Å². The smallest absolute Gasteiger partial charge is 0.166 e. The molecule has 0 aliphatic carbocycles. The maximum Gasteiger partial charge on any atom is 0.417 e. The molecule has 0 bridgehead atoms. The Morgan fingerprint density at radius 3 is 1.28 bits per heavy atom. The van der Waals surface area contributed by atoms with Crippen LogP contribution in [0.25, 0.3) is 53.7 Å². The number of rotatable bonds is 1. The lowest BCUT2D eigenvalue weighted by Gasteiger charge is -2.20. The highest BCUT2D eigenvalue weighted by Crippen LogP contribution is 2.51. The molecule has 1 aromatic heterocycles. The van der Waals surface area contributed by atoms with E-state index >= 15 is 0 Å². The summed E-state index contributed by atoms with van der Waals surface area (Å²) in [5.41, 5.74) is -0.846. The van der Waals surface area contributed by atoms with Gasteiger partial charge < -0.3 is 0 Å². The summed E-state index contributed by atoms with van der Waals surface area (Å²) in [6, 6.07) is 24.5. The predicted octanol–water partition coefficient (Wildman–Crippen LogP) is 10.6. The lowest BCUT2D eigenvalue weighted by Crippen LogP contribution is -2.07. The largest absolute Gasteiger partial charge is 0.417 e. The van der Waals surface area contributed by atoms with E-state index in [0.29, 0.717) is 21.9 Å². The Balaban J connectivity index is 1.94. The monoisotopic (exact) mass is 508 g/mol. The number of fused-ring (bicyclic) bond motifs is 4. The molecule has 0 saturated heterocycles. The van der Waals surface area contributed by atoms with E-state index in [0.717, 1.165) is 33.7 Å². The van der Waals surface area contributed by atoms with Crippen LogP contribution in [0.4, 0.5) is 26.3 Å². The van der Waals surface area contributed by atoms with Crippen molar-refractivity contribution in [3.05, 3.63) is 102 Å². The highest BCUT2D eigenvalue weighted by atomic mass is 31.0. The van der Waals surface area contributed by atoms with E-state index in [1.807, 2.05) is 54.6 Å². The lowest BCUT2D eigenvalue weighted by atomic mass is 9.88. The molecule has 0 unspecified atom stereocenters. The maximum atomic E-state index is 14.1. The van der Waals surface area contributed by atoms with Gasteiger partial charge in [-0.25, -0.2) is 0 Å². The van der Waals surface area contributed by atoms with Gasteiger partial charge in [0.2, 0.25) is 0 Å². The second-order valence-electron chi connectivity index (χ2n) is 8.58. The van der Waals surface area contributed by atoms with Gasteiger partial charge in [0.25, 0.3) is 0 Å². The summed E-state index contributed by atoms with van der Waals surface area (Å²) in [5.74, 6) is 0. The average Bonchev–Trinajstić information content (AvgIpc) is 2.84. The average molecular weight is 508 g/mol. The van der Waals surface area contributed by atoms with Crippen molar-refractivity contribution in [2.75, 3.05) is 0 Å². The van der Waals surface area contributed by atoms with E-state index in [1.54, 1.807) is 12.1 Å².